The fraction of sp³-hybridized carbons (Fsp3) is 0.652. The first-order valence-electron chi connectivity index (χ1n) is 11.3. The molecule has 1 aromatic rings. The largest absolute Gasteiger partial charge is 0.490 e. The molecule has 0 bridgehead atoms. The Morgan fingerprint density at radius 2 is 1.69 bits per heavy atom. The Hall–Kier alpha value is -2.57. The van der Waals surface area contributed by atoms with Gasteiger partial charge in [0.1, 0.15) is 5.82 Å². The van der Waals surface area contributed by atoms with Crippen molar-refractivity contribution in [2.24, 2.45) is 11.3 Å². The van der Waals surface area contributed by atoms with Crippen LogP contribution < -0.4 is 5.32 Å². The lowest BCUT2D eigenvalue weighted by Crippen LogP contribution is -2.54. The monoisotopic (exact) mass is 530 g/mol. The molecule has 2 fully saturated rings. The highest BCUT2D eigenvalue weighted by atomic mass is 19.4. The molecule has 0 aromatic heterocycles. The summed E-state index contributed by atoms with van der Waals surface area (Å²) in [5.74, 6) is -3.70. The number of halogens is 7. The molecule has 1 aliphatic carbocycles. The standard InChI is InChI=1S/C21H28F4N2O2.C2HF3O2/c1-14(2)13-29-19(28)26-16-10-20(11-16)5-7-27(8-6-20)12-15-3-4-18(22)17(9-15)21(23,24)25;3-2(4,5)1(6)7/h3-4,9,14,16H,5-8,10-13H2,1-2H3,(H,26,28);(H,6,7). The molecule has 36 heavy (non-hydrogen) atoms. The van der Waals surface area contributed by atoms with Crippen LogP contribution in [0.4, 0.5) is 35.5 Å². The maximum absolute atomic E-state index is 13.4. The number of carbonyl (C=O) groups is 2. The SMILES string of the molecule is CC(C)COC(=O)NC1CC2(CCN(Cc3ccc(F)c(C(F)(F)F)c3)CC2)C1.O=C(O)C(F)(F)F. The van der Waals surface area contributed by atoms with Gasteiger partial charge in [0.2, 0.25) is 0 Å². The van der Waals surface area contributed by atoms with E-state index in [9.17, 15) is 35.5 Å². The minimum atomic E-state index is -5.08. The zero-order valence-corrected chi connectivity index (χ0v) is 19.8. The molecule has 2 N–H and O–H groups in total. The van der Waals surface area contributed by atoms with Crippen molar-refractivity contribution in [2.75, 3.05) is 19.7 Å². The van der Waals surface area contributed by atoms with Crippen molar-refractivity contribution in [3.8, 4) is 0 Å². The Morgan fingerprint density at radius 1 is 1.14 bits per heavy atom. The molecule has 204 valence electrons. The highest BCUT2D eigenvalue weighted by Gasteiger charge is 2.46. The second-order valence-electron chi connectivity index (χ2n) is 9.63. The number of alkyl halides is 6. The number of hydrogen-bond donors (Lipinski definition) is 2. The van der Waals surface area contributed by atoms with Crippen molar-refractivity contribution < 1.29 is 50.2 Å². The van der Waals surface area contributed by atoms with Gasteiger partial charge in [0.15, 0.2) is 0 Å². The molecule has 1 aromatic carbocycles. The Labute approximate surface area is 203 Å². The number of benzene rings is 1. The van der Waals surface area contributed by atoms with Crippen LogP contribution in [0.2, 0.25) is 0 Å². The number of nitrogens with zero attached hydrogens (tertiary/aromatic N) is 1. The van der Waals surface area contributed by atoms with Gasteiger partial charge in [0.25, 0.3) is 0 Å². The van der Waals surface area contributed by atoms with Gasteiger partial charge in [-0.05, 0) is 67.8 Å². The lowest BCUT2D eigenvalue weighted by molar-refractivity contribution is -0.192. The molecule has 0 atom stereocenters. The maximum atomic E-state index is 13.4. The van der Waals surface area contributed by atoms with Crippen LogP contribution in [0.25, 0.3) is 0 Å². The van der Waals surface area contributed by atoms with Crippen LogP contribution in [0.5, 0.6) is 0 Å². The molecule has 1 saturated heterocycles. The fourth-order valence-corrected chi connectivity index (χ4v) is 4.28. The van der Waals surface area contributed by atoms with E-state index in [0.29, 0.717) is 24.6 Å². The topological polar surface area (TPSA) is 78.9 Å². The number of hydrogen-bond acceptors (Lipinski definition) is 4. The summed E-state index contributed by atoms with van der Waals surface area (Å²) < 4.78 is 89.0. The Kier molecular flexibility index (Phi) is 9.60. The Balaban J connectivity index is 0.000000572. The molecular formula is C23H29F7N2O4. The number of alkyl carbamates (subject to hydrolysis) is 1. The molecule has 1 saturated carbocycles. The van der Waals surface area contributed by atoms with E-state index in [2.05, 4.69) is 10.2 Å². The van der Waals surface area contributed by atoms with Crippen LogP contribution in [-0.4, -0.2) is 54.0 Å². The van der Waals surface area contributed by atoms with Crippen LogP contribution in [0.1, 0.15) is 50.7 Å². The van der Waals surface area contributed by atoms with E-state index in [1.807, 2.05) is 13.8 Å². The number of carboxylic acids is 1. The summed E-state index contributed by atoms with van der Waals surface area (Å²) in [6.45, 7) is 6.30. The zero-order chi connectivity index (χ0) is 27.3. The molecule has 0 radical (unpaired) electrons. The first-order valence-corrected chi connectivity index (χ1v) is 11.3. The van der Waals surface area contributed by atoms with E-state index in [-0.39, 0.29) is 17.6 Å². The summed E-state index contributed by atoms with van der Waals surface area (Å²) >= 11 is 0. The van der Waals surface area contributed by atoms with Crippen molar-refractivity contribution in [1.29, 1.82) is 0 Å². The van der Waals surface area contributed by atoms with Gasteiger partial charge in [-0.2, -0.15) is 26.3 Å². The lowest BCUT2D eigenvalue weighted by atomic mass is 9.60. The lowest BCUT2D eigenvalue weighted by Gasteiger charge is -2.52. The summed E-state index contributed by atoms with van der Waals surface area (Å²) in [5, 5.41) is 10.0. The first kappa shape index (κ1) is 29.7. The summed E-state index contributed by atoms with van der Waals surface area (Å²) in [6.07, 6.45) is -6.43. The number of carboxylic acid groups (broad SMARTS) is 1. The summed E-state index contributed by atoms with van der Waals surface area (Å²) in [5.41, 5.74) is -0.539. The van der Waals surface area contributed by atoms with E-state index < -0.39 is 29.7 Å². The maximum Gasteiger partial charge on any atom is 0.490 e. The zero-order valence-electron chi connectivity index (χ0n) is 19.8. The molecule has 1 heterocycles. The van der Waals surface area contributed by atoms with Crippen LogP contribution in [0.15, 0.2) is 18.2 Å². The minimum absolute atomic E-state index is 0.132. The minimum Gasteiger partial charge on any atom is -0.475 e. The smallest absolute Gasteiger partial charge is 0.475 e. The second kappa shape index (κ2) is 11.7. The molecule has 3 rings (SSSR count). The third kappa shape index (κ3) is 8.82. The molecule has 2 aliphatic rings. The van der Waals surface area contributed by atoms with Crippen molar-refractivity contribution in [2.45, 2.75) is 64.5 Å². The summed E-state index contributed by atoms with van der Waals surface area (Å²) in [7, 11) is 0. The van der Waals surface area contributed by atoms with Gasteiger partial charge in [-0.25, -0.2) is 14.0 Å². The normalized spacial score (nSPS) is 18.3. The van der Waals surface area contributed by atoms with Gasteiger partial charge in [0, 0.05) is 12.6 Å². The van der Waals surface area contributed by atoms with Crippen LogP contribution in [0.3, 0.4) is 0 Å². The van der Waals surface area contributed by atoms with E-state index >= 15 is 0 Å². The van der Waals surface area contributed by atoms with Crippen molar-refractivity contribution >= 4 is 12.1 Å². The number of amides is 1. The Bertz CT molecular complexity index is 903. The average molecular weight is 530 g/mol. The molecule has 1 spiro atoms. The van der Waals surface area contributed by atoms with Crippen LogP contribution in [-0.2, 0) is 22.3 Å². The summed E-state index contributed by atoms with van der Waals surface area (Å²) in [6, 6.07) is 3.35. The highest BCUT2D eigenvalue weighted by molar-refractivity contribution is 5.73. The number of nitrogens with one attached hydrogen (secondary N) is 1. The summed E-state index contributed by atoms with van der Waals surface area (Å²) in [4.78, 5) is 22.8. The second-order valence-corrected chi connectivity index (χ2v) is 9.63. The number of likely N-dealkylation sites (tertiary alicyclic amines) is 1. The van der Waals surface area contributed by atoms with Gasteiger partial charge < -0.3 is 15.2 Å². The van der Waals surface area contributed by atoms with Crippen LogP contribution >= 0.6 is 0 Å². The number of piperidine rings is 1. The van der Waals surface area contributed by atoms with Gasteiger partial charge in [-0.1, -0.05) is 19.9 Å². The van der Waals surface area contributed by atoms with E-state index in [0.717, 1.165) is 50.9 Å². The fourth-order valence-electron chi connectivity index (χ4n) is 4.28. The highest BCUT2D eigenvalue weighted by Crippen LogP contribution is 2.49. The predicted octanol–water partition coefficient (Wildman–Crippen LogP) is 5.60. The molecular weight excluding hydrogens is 501 g/mol. The van der Waals surface area contributed by atoms with E-state index in [4.69, 9.17) is 14.6 Å². The molecule has 6 nitrogen and oxygen atoms in total. The molecule has 13 heteroatoms. The third-order valence-electron chi connectivity index (χ3n) is 6.13. The van der Waals surface area contributed by atoms with Crippen LogP contribution in [0, 0.1) is 17.2 Å². The van der Waals surface area contributed by atoms with E-state index in [1.165, 1.54) is 6.07 Å². The molecule has 1 amide bonds. The van der Waals surface area contributed by atoms with Gasteiger partial charge >= 0.3 is 24.4 Å². The van der Waals surface area contributed by atoms with E-state index in [1.54, 1.807) is 0 Å². The number of aliphatic carboxylic acids is 1. The van der Waals surface area contributed by atoms with Gasteiger partial charge in [0.05, 0.1) is 12.2 Å². The average Bonchev–Trinajstić information content (AvgIpc) is 2.73. The van der Waals surface area contributed by atoms with Crippen molar-refractivity contribution in [3.05, 3.63) is 35.1 Å². The third-order valence-corrected chi connectivity index (χ3v) is 6.13. The predicted molar refractivity (Wildman–Crippen MR) is 114 cm³/mol. The number of ether oxygens (including phenoxy) is 1. The van der Waals surface area contributed by atoms with Gasteiger partial charge in [-0.15, -0.1) is 0 Å². The number of carbonyl (C=O) groups excluding carboxylic acids is 1. The van der Waals surface area contributed by atoms with Crippen molar-refractivity contribution in [1.82, 2.24) is 10.2 Å². The Morgan fingerprint density at radius 3 is 2.17 bits per heavy atom. The van der Waals surface area contributed by atoms with Gasteiger partial charge in [-0.3, -0.25) is 4.90 Å². The molecule has 0 unspecified atom stereocenters. The van der Waals surface area contributed by atoms with Crippen molar-refractivity contribution in [3.63, 3.8) is 0 Å². The number of rotatable bonds is 5. The first-order chi connectivity index (χ1) is 16.5. The molecule has 1 aliphatic heterocycles. The quantitative estimate of drug-likeness (QED) is 0.485.